The third-order valence-corrected chi connectivity index (χ3v) is 3.90. The van der Waals surface area contributed by atoms with E-state index < -0.39 is 30.9 Å². The fourth-order valence-corrected chi connectivity index (χ4v) is 2.13. The molecule has 1 unspecified atom stereocenters. The van der Waals surface area contributed by atoms with Crippen molar-refractivity contribution in [1.82, 2.24) is 0 Å². The van der Waals surface area contributed by atoms with Gasteiger partial charge in [0.1, 0.15) is 12.2 Å². The van der Waals surface area contributed by atoms with Crippen molar-refractivity contribution in [2.75, 3.05) is 19.8 Å². The van der Waals surface area contributed by atoms with Crippen LogP contribution in [0.4, 0.5) is 0 Å². The molecule has 0 spiro atoms. The Morgan fingerprint density at radius 1 is 0.889 bits per heavy atom. The topological polar surface area (TPSA) is 130 Å². The zero-order chi connectivity index (χ0) is 20.2. The Labute approximate surface area is 186 Å². The van der Waals surface area contributed by atoms with Crippen molar-refractivity contribution in [2.24, 2.45) is 0 Å². The van der Waals surface area contributed by atoms with Gasteiger partial charge in [0, 0.05) is 6.61 Å². The third-order valence-electron chi connectivity index (χ3n) is 3.90. The number of aliphatic carboxylic acids is 1. The molecule has 0 aromatic carbocycles. The van der Waals surface area contributed by atoms with E-state index in [1.54, 1.807) is 0 Å². The summed E-state index contributed by atoms with van der Waals surface area (Å²) in [7, 11) is 0. The molecule has 0 saturated heterocycles. The van der Waals surface area contributed by atoms with Crippen LogP contribution < -0.4 is 34.7 Å². The molecule has 0 aliphatic carbocycles. The first-order valence-electron chi connectivity index (χ1n) is 9.80. The van der Waals surface area contributed by atoms with Crippen LogP contribution in [-0.2, 0) is 9.53 Å². The number of aliphatic hydroxyl groups is 4. The van der Waals surface area contributed by atoms with Gasteiger partial charge in [0.25, 0.3) is 0 Å². The number of carboxylic acid groups (broad SMARTS) is 1. The monoisotopic (exact) mass is 402 g/mol. The minimum atomic E-state index is -1.44. The van der Waals surface area contributed by atoms with E-state index in [4.69, 9.17) is 20.1 Å². The molecule has 3 atom stereocenters. The molecule has 0 aromatic rings. The van der Waals surface area contributed by atoms with Gasteiger partial charge in [0.15, 0.2) is 0 Å². The van der Waals surface area contributed by atoms with Gasteiger partial charge in [-0.25, -0.2) is 0 Å². The van der Waals surface area contributed by atoms with Crippen molar-refractivity contribution in [3.05, 3.63) is 0 Å². The molecule has 0 fully saturated rings. The van der Waals surface area contributed by atoms with Crippen LogP contribution >= 0.6 is 0 Å². The SMILES string of the molecule is CC(O)C(=O)[O-].CCCCCCCCCCCCOC[C@H](O)[C@H](O)CO.[Na+]. The summed E-state index contributed by atoms with van der Waals surface area (Å²) in [5.74, 6) is -1.44. The van der Waals surface area contributed by atoms with E-state index in [-0.39, 0.29) is 36.2 Å². The van der Waals surface area contributed by atoms with Crippen LogP contribution in [0.3, 0.4) is 0 Å². The summed E-state index contributed by atoms with van der Waals surface area (Å²) in [4.78, 5) is 9.34. The van der Waals surface area contributed by atoms with E-state index >= 15 is 0 Å². The zero-order valence-corrected chi connectivity index (χ0v) is 19.4. The van der Waals surface area contributed by atoms with Crippen LogP contribution in [0.25, 0.3) is 0 Å². The average Bonchev–Trinajstić information content (AvgIpc) is 2.62. The summed E-state index contributed by atoms with van der Waals surface area (Å²) in [5.41, 5.74) is 0. The average molecular weight is 403 g/mol. The Kier molecular flexibility index (Phi) is 28.8. The Morgan fingerprint density at radius 3 is 1.67 bits per heavy atom. The predicted molar refractivity (Wildman–Crippen MR) is 98.5 cm³/mol. The maximum absolute atomic E-state index is 9.34. The summed E-state index contributed by atoms with van der Waals surface area (Å²) >= 11 is 0. The van der Waals surface area contributed by atoms with Gasteiger partial charge in [-0.05, 0) is 13.3 Å². The van der Waals surface area contributed by atoms with Crippen LogP contribution in [-0.4, -0.2) is 64.5 Å². The first-order chi connectivity index (χ1) is 12.4. The van der Waals surface area contributed by atoms with E-state index in [9.17, 15) is 15.0 Å². The molecule has 0 radical (unpaired) electrons. The minimum Gasteiger partial charge on any atom is -0.547 e. The number of ether oxygens (including phenoxy) is 1. The second-order valence-corrected chi connectivity index (χ2v) is 6.57. The largest absolute Gasteiger partial charge is 1.00 e. The first kappa shape index (κ1) is 31.9. The van der Waals surface area contributed by atoms with Gasteiger partial charge >= 0.3 is 29.6 Å². The maximum Gasteiger partial charge on any atom is 1.00 e. The Hall–Kier alpha value is 0.270. The second kappa shape index (κ2) is 24.3. The molecule has 0 saturated carbocycles. The van der Waals surface area contributed by atoms with Crippen molar-refractivity contribution < 1.29 is 64.6 Å². The van der Waals surface area contributed by atoms with Crippen molar-refractivity contribution in [3.63, 3.8) is 0 Å². The summed E-state index contributed by atoms with van der Waals surface area (Å²) in [6, 6.07) is 0. The molecule has 0 aromatic heterocycles. The number of carboxylic acids is 1. The fourth-order valence-electron chi connectivity index (χ4n) is 2.13. The molecule has 27 heavy (non-hydrogen) atoms. The first-order valence-corrected chi connectivity index (χ1v) is 9.80. The molecule has 0 rings (SSSR count). The number of hydrogen-bond acceptors (Lipinski definition) is 7. The Bertz CT molecular complexity index is 304. The van der Waals surface area contributed by atoms with E-state index in [2.05, 4.69) is 6.92 Å². The Balaban J connectivity index is -0.000000709. The third kappa shape index (κ3) is 26.3. The molecule has 158 valence electrons. The smallest absolute Gasteiger partial charge is 0.547 e. The molecule has 0 bridgehead atoms. The fraction of sp³-hybridized carbons (Fsp3) is 0.947. The van der Waals surface area contributed by atoms with Crippen molar-refractivity contribution in [2.45, 2.75) is 96.4 Å². The van der Waals surface area contributed by atoms with Crippen molar-refractivity contribution in [3.8, 4) is 0 Å². The van der Waals surface area contributed by atoms with Crippen molar-refractivity contribution >= 4 is 5.97 Å². The molecule has 8 heteroatoms. The number of unbranched alkanes of at least 4 members (excludes halogenated alkanes) is 9. The van der Waals surface area contributed by atoms with Crippen LogP contribution in [0.5, 0.6) is 0 Å². The van der Waals surface area contributed by atoms with Crippen LogP contribution in [0, 0.1) is 0 Å². The number of aliphatic hydroxyl groups excluding tert-OH is 4. The van der Waals surface area contributed by atoms with E-state index in [0.29, 0.717) is 6.61 Å². The van der Waals surface area contributed by atoms with Gasteiger partial charge in [-0.2, -0.15) is 0 Å². The molecule has 0 aliphatic rings. The summed E-state index contributed by atoms with van der Waals surface area (Å²) in [5, 5.41) is 44.4. The van der Waals surface area contributed by atoms with Crippen LogP contribution in [0.1, 0.15) is 78.1 Å². The summed E-state index contributed by atoms with van der Waals surface area (Å²) in [6.45, 7) is 3.66. The molecule has 7 nitrogen and oxygen atoms in total. The van der Waals surface area contributed by atoms with Gasteiger partial charge in [-0.3, -0.25) is 0 Å². The predicted octanol–water partition coefficient (Wildman–Crippen LogP) is -2.24. The number of carbonyl (C=O) groups excluding carboxylic acids is 1. The number of carbonyl (C=O) groups is 1. The Morgan fingerprint density at radius 2 is 1.30 bits per heavy atom. The number of rotatable bonds is 16. The van der Waals surface area contributed by atoms with Gasteiger partial charge in [0.05, 0.1) is 25.3 Å². The molecule has 0 aliphatic heterocycles. The summed E-state index contributed by atoms with van der Waals surface area (Å²) in [6.07, 6.45) is 9.43. The minimum absolute atomic E-state index is 0. The molecular formula is C19H39NaO7. The van der Waals surface area contributed by atoms with Gasteiger partial charge in [-0.1, -0.05) is 64.7 Å². The second-order valence-electron chi connectivity index (χ2n) is 6.57. The normalized spacial score (nSPS) is 13.7. The maximum atomic E-state index is 9.34. The summed E-state index contributed by atoms with van der Waals surface area (Å²) < 4.78 is 5.27. The van der Waals surface area contributed by atoms with E-state index in [0.717, 1.165) is 19.8 Å². The standard InChI is InChI=1S/C16H34O4.C3H6O3.Na/c1-2-3-4-5-6-7-8-9-10-11-12-20-14-16(19)15(18)13-17;1-2(4)3(5)6;/h15-19H,2-14H2,1H3;2,4H,1H3,(H,5,6);/q;;+1/p-1/t15-,16+;;/m1../s1. The van der Waals surface area contributed by atoms with E-state index in [1.165, 1.54) is 51.4 Å². The molecule has 4 N–H and O–H groups in total. The zero-order valence-electron chi connectivity index (χ0n) is 17.4. The van der Waals surface area contributed by atoms with Crippen molar-refractivity contribution in [1.29, 1.82) is 0 Å². The van der Waals surface area contributed by atoms with Gasteiger partial charge in [0.2, 0.25) is 0 Å². The van der Waals surface area contributed by atoms with Gasteiger partial charge in [-0.15, -0.1) is 0 Å². The molecular weight excluding hydrogens is 363 g/mol. The van der Waals surface area contributed by atoms with E-state index in [1.807, 2.05) is 0 Å². The van der Waals surface area contributed by atoms with Gasteiger partial charge < -0.3 is 35.1 Å². The quantitative estimate of drug-likeness (QED) is 0.170. The van der Waals surface area contributed by atoms with Crippen LogP contribution in [0.2, 0.25) is 0 Å². The molecule has 0 heterocycles. The van der Waals surface area contributed by atoms with Crippen LogP contribution in [0.15, 0.2) is 0 Å². The molecule has 0 amide bonds. The number of hydrogen-bond donors (Lipinski definition) is 4.